The third-order valence-electron chi connectivity index (χ3n) is 4.32. The zero-order valence-electron chi connectivity index (χ0n) is 15.9. The first-order valence-electron chi connectivity index (χ1n) is 9.07. The lowest BCUT2D eigenvalue weighted by atomic mass is 10.0. The van der Waals surface area contributed by atoms with Gasteiger partial charge in [-0.1, -0.05) is 49.4 Å². The third-order valence-corrected chi connectivity index (χ3v) is 4.32. The van der Waals surface area contributed by atoms with Gasteiger partial charge in [-0.15, -0.1) is 0 Å². The molecule has 0 aromatic heterocycles. The number of aryl methyl sites for hydroxylation is 1. The van der Waals surface area contributed by atoms with Crippen LogP contribution in [0.2, 0.25) is 0 Å². The van der Waals surface area contributed by atoms with Crippen molar-refractivity contribution in [3.63, 3.8) is 0 Å². The third kappa shape index (κ3) is 6.36. The van der Waals surface area contributed by atoms with Gasteiger partial charge in [0.25, 0.3) is 5.91 Å². The van der Waals surface area contributed by atoms with E-state index < -0.39 is 0 Å². The van der Waals surface area contributed by atoms with E-state index in [1.54, 1.807) is 19.0 Å². The summed E-state index contributed by atoms with van der Waals surface area (Å²) in [5.41, 5.74) is 3.02. The minimum atomic E-state index is -0.0123. The topological polar surface area (TPSA) is 49.4 Å². The van der Waals surface area contributed by atoms with Gasteiger partial charge in [0.2, 0.25) is 5.91 Å². The summed E-state index contributed by atoms with van der Waals surface area (Å²) < 4.78 is 0. The van der Waals surface area contributed by atoms with E-state index >= 15 is 0 Å². The van der Waals surface area contributed by atoms with Crippen LogP contribution in [-0.4, -0.2) is 37.4 Å². The first-order valence-corrected chi connectivity index (χ1v) is 9.07. The molecule has 2 aromatic rings. The average molecular weight is 352 g/mol. The largest absolute Gasteiger partial charge is 0.356 e. The number of nitrogens with one attached hydrogen (secondary N) is 1. The molecule has 2 amide bonds. The van der Waals surface area contributed by atoms with Gasteiger partial charge in [0, 0.05) is 32.6 Å². The highest BCUT2D eigenvalue weighted by molar-refractivity contribution is 5.93. The summed E-state index contributed by atoms with van der Waals surface area (Å²) in [5.74, 6) is 0.456. The lowest BCUT2D eigenvalue weighted by molar-refractivity contribution is -0.121. The van der Waals surface area contributed by atoms with Gasteiger partial charge in [-0.3, -0.25) is 9.59 Å². The molecule has 0 saturated heterocycles. The molecule has 0 fully saturated rings. The molecule has 2 rings (SSSR count). The Labute approximate surface area is 156 Å². The van der Waals surface area contributed by atoms with Crippen molar-refractivity contribution < 1.29 is 9.59 Å². The second-order valence-corrected chi connectivity index (χ2v) is 7.00. The van der Waals surface area contributed by atoms with Gasteiger partial charge >= 0.3 is 0 Å². The van der Waals surface area contributed by atoms with E-state index in [0.29, 0.717) is 30.9 Å². The molecule has 0 aliphatic carbocycles. The van der Waals surface area contributed by atoms with Crippen LogP contribution in [0, 0.1) is 5.92 Å². The summed E-state index contributed by atoms with van der Waals surface area (Å²) in [7, 11) is 3.47. The fourth-order valence-corrected chi connectivity index (χ4v) is 2.80. The molecule has 0 spiro atoms. The minimum absolute atomic E-state index is 0.0123. The van der Waals surface area contributed by atoms with Gasteiger partial charge in [0.1, 0.15) is 0 Å². The molecule has 1 unspecified atom stereocenters. The molecular weight excluding hydrogens is 324 g/mol. The highest BCUT2D eigenvalue weighted by Crippen LogP contribution is 2.09. The second kappa shape index (κ2) is 9.76. The lowest BCUT2D eigenvalue weighted by Gasteiger charge is -2.13. The van der Waals surface area contributed by atoms with Crippen LogP contribution < -0.4 is 5.32 Å². The van der Waals surface area contributed by atoms with Crippen molar-refractivity contribution in [3.05, 3.63) is 71.3 Å². The van der Waals surface area contributed by atoms with E-state index in [4.69, 9.17) is 0 Å². The predicted octanol–water partition coefficient (Wildman–Crippen LogP) is 3.32. The van der Waals surface area contributed by atoms with Crippen molar-refractivity contribution in [1.29, 1.82) is 0 Å². The number of carbonyl (C=O) groups excluding carboxylic acids is 2. The fraction of sp³-hybridized carbons (Fsp3) is 0.364. The van der Waals surface area contributed by atoms with Gasteiger partial charge in [0.15, 0.2) is 0 Å². The van der Waals surface area contributed by atoms with Crippen molar-refractivity contribution in [1.82, 2.24) is 10.2 Å². The van der Waals surface area contributed by atoms with E-state index in [1.807, 2.05) is 42.5 Å². The van der Waals surface area contributed by atoms with Gasteiger partial charge in [-0.05, 0) is 42.0 Å². The molecule has 26 heavy (non-hydrogen) atoms. The quantitative estimate of drug-likeness (QED) is 0.792. The standard InChI is InChI=1S/C22H28N2O2/c1-17(15-19-7-5-4-6-8-19)16-23-21(25)14-11-18-9-12-20(13-10-18)22(26)24(2)3/h4-10,12-13,17H,11,14-16H2,1-3H3,(H,23,25). The Morgan fingerprint density at radius 3 is 2.23 bits per heavy atom. The molecule has 138 valence electrons. The Bertz CT molecular complexity index is 709. The number of carbonyl (C=O) groups is 2. The molecule has 4 nitrogen and oxygen atoms in total. The Kier molecular flexibility index (Phi) is 7.39. The Morgan fingerprint density at radius 1 is 0.962 bits per heavy atom. The Morgan fingerprint density at radius 2 is 1.62 bits per heavy atom. The van der Waals surface area contributed by atoms with Crippen LogP contribution >= 0.6 is 0 Å². The van der Waals surface area contributed by atoms with E-state index in [9.17, 15) is 9.59 Å². The molecule has 0 bridgehead atoms. The molecule has 0 aliphatic rings. The monoisotopic (exact) mass is 352 g/mol. The molecule has 4 heteroatoms. The van der Waals surface area contributed by atoms with Crippen molar-refractivity contribution >= 4 is 11.8 Å². The molecule has 2 aromatic carbocycles. The van der Waals surface area contributed by atoms with Gasteiger partial charge in [-0.2, -0.15) is 0 Å². The predicted molar refractivity (Wildman–Crippen MR) is 105 cm³/mol. The SMILES string of the molecule is CC(CNC(=O)CCc1ccc(C(=O)N(C)C)cc1)Cc1ccccc1. The summed E-state index contributed by atoms with van der Waals surface area (Å²) in [6.45, 7) is 2.83. The average Bonchev–Trinajstić information content (AvgIpc) is 2.65. The van der Waals surface area contributed by atoms with Gasteiger partial charge in [0.05, 0.1) is 0 Å². The van der Waals surface area contributed by atoms with Crippen molar-refractivity contribution in [3.8, 4) is 0 Å². The Hall–Kier alpha value is -2.62. The summed E-state index contributed by atoms with van der Waals surface area (Å²) in [6, 6.07) is 17.8. The van der Waals surface area contributed by atoms with Crippen LogP contribution in [0.4, 0.5) is 0 Å². The summed E-state index contributed by atoms with van der Waals surface area (Å²) in [4.78, 5) is 25.5. The summed E-state index contributed by atoms with van der Waals surface area (Å²) in [5, 5.41) is 3.02. The van der Waals surface area contributed by atoms with Crippen LogP contribution in [0.5, 0.6) is 0 Å². The lowest BCUT2D eigenvalue weighted by Crippen LogP contribution is -2.29. The van der Waals surface area contributed by atoms with Crippen molar-refractivity contribution in [2.24, 2.45) is 5.92 Å². The van der Waals surface area contributed by atoms with Crippen LogP contribution in [0.3, 0.4) is 0 Å². The van der Waals surface area contributed by atoms with Crippen LogP contribution in [0.15, 0.2) is 54.6 Å². The molecule has 0 radical (unpaired) electrons. The minimum Gasteiger partial charge on any atom is -0.356 e. The number of hydrogen-bond acceptors (Lipinski definition) is 2. The van der Waals surface area contributed by atoms with Gasteiger partial charge in [-0.25, -0.2) is 0 Å². The number of benzene rings is 2. The maximum Gasteiger partial charge on any atom is 0.253 e. The smallest absolute Gasteiger partial charge is 0.253 e. The van der Waals surface area contributed by atoms with E-state index in [0.717, 1.165) is 12.0 Å². The number of rotatable bonds is 8. The highest BCUT2D eigenvalue weighted by atomic mass is 16.2. The summed E-state index contributed by atoms with van der Waals surface area (Å²) in [6.07, 6.45) is 2.09. The number of nitrogens with zero attached hydrogens (tertiary/aromatic N) is 1. The molecular formula is C22H28N2O2. The number of hydrogen-bond donors (Lipinski definition) is 1. The van der Waals surface area contributed by atoms with E-state index in [2.05, 4.69) is 24.4 Å². The van der Waals surface area contributed by atoms with Crippen molar-refractivity contribution in [2.45, 2.75) is 26.2 Å². The molecule has 0 aliphatic heterocycles. The zero-order chi connectivity index (χ0) is 18.9. The second-order valence-electron chi connectivity index (χ2n) is 7.00. The van der Waals surface area contributed by atoms with E-state index in [-0.39, 0.29) is 11.8 Å². The van der Waals surface area contributed by atoms with Gasteiger partial charge < -0.3 is 10.2 Å². The maximum atomic E-state index is 12.1. The highest BCUT2D eigenvalue weighted by Gasteiger charge is 2.09. The summed E-state index contributed by atoms with van der Waals surface area (Å²) >= 11 is 0. The Balaban J connectivity index is 1.72. The normalized spacial score (nSPS) is 11.7. The molecule has 0 saturated carbocycles. The zero-order valence-corrected chi connectivity index (χ0v) is 15.9. The first-order chi connectivity index (χ1) is 12.5. The number of amides is 2. The van der Waals surface area contributed by atoms with Crippen molar-refractivity contribution in [2.75, 3.05) is 20.6 Å². The van der Waals surface area contributed by atoms with Crippen LogP contribution in [0.1, 0.15) is 34.8 Å². The van der Waals surface area contributed by atoms with Crippen LogP contribution in [-0.2, 0) is 17.6 Å². The van der Waals surface area contributed by atoms with Crippen LogP contribution in [0.25, 0.3) is 0 Å². The first kappa shape index (κ1) is 19.7. The molecule has 0 heterocycles. The van der Waals surface area contributed by atoms with E-state index in [1.165, 1.54) is 5.56 Å². The molecule has 1 atom stereocenters. The maximum absolute atomic E-state index is 12.1. The fourth-order valence-electron chi connectivity index (χ4n) is 2.80. The molecule has 1 N–H and O–H groups in total.